The molecule has 0 aliphatic carbocycles. The minimum atomic E-state index is -0.855. The Morgan fingerprint density at radius 2 is 1.85 bits per heavy atom. The predicted octanol–water partition coefficient (Wildman–Crippen LogP) is 0.113. The molecule has 0 bridgehead atoms. The number of carbonyl (C=O) groups excluding carboxylic acids is 2. The van der Waals surface area contributed by atoms with Crippen LogP contribution in [0.15, 0.2) is 0 Å². The molecule has 0 spiro atoms. The Bertz CT molecular complexity index is 412. The summed E-state index contributed by atoms with van der Waals surface area (Å²) in [5.41, 5.74) is 0. The molecule has 20 heavy (non-hydrogen) atoms. The predicted molar refractivity (Wildman–Crippen MR) is 71.1 cm³/mol. The van der Waals surface area contributed by atoms with Crippen molar-refractivity contribution in [1.82, 2.24) is 15.1 Å². The van der Waals surface area contributed by atoms with Crippen LogP contribution in [0.25, 0.3) is 0 Å². The van der Waals surface area contributed by atoms with Crippen LogP contribution in [-0.2, 0) is 9.59 Å². The van der Waals surface area contributed by atoms with E-state index in [4.69, 9.17) is 5.11 Å². The van der Waals surface area contributed by atoms with Gasteiger partial charge in [0.1, 0.15) is 6.04 Å². The number of carboxylic acid groups (broad SMARTS) is 1. The number of amides is 3. The van der Waals surface area contributed by atoms with Gasteiger partial charge in [0.2, 0.25) is 5.91 Å². The van der Waals surface area contributed by atoms with Crippen LogP contribution in [0, 0.1) is 5.92 Å². The van der Waals surface area contributed by atoms with Crippen molar-refractivity contribution in [3.63, 3.8) is 0 Å². The number of piperidine rings is 1. The van der Waals surface area contributed by atoms with Crippen LogP contribution in [0.5, 0.6) is 0 Å². The Balaban J connectivity index is 2.02. The van der Waals surface area contributed by atoms with Crippen molar-refractivity contribution < 1.29 is 19.5 Å². The maximum absolute atomic E-state index is 12.5. The molecule has 7 heteroatoms. The monoisotopic (exact) mass is 283 g/mol. The third-order valence-electron chi connectivity index (χ3n) is 4.09. The molecule has 0 aromatic rings. The minimum absolute atomic E-state index is 0.150. The number of likely N-dealkylation sites (tertiary alicyclic amines) is 2. The van der Waals surface area contributed by atoms with Gasteiger partial charge in [0.25, 0.3) is 0 Å². The van der Waals surface area contributed by atoms with Crippen molar-refractivity contribution in [3.8, 4) is 0 Å². The van der Waals surface area contributed by atoms with Gasteiger partial charge in [-0.1, -0.05) is 0 Å². The maximum atomic E-state index is 12.5. The van der Waals surface area contributed by atoms with E-state index in [1.54, 1.807) is 16.8 Å². The van der Waals surface area contributed by atoms with E-state index in [-0.39, 0.29) is 18.5 Å². The van der Waals surface area contributed by atoms with Crippen molar-refractivity contribution >= 4 is 17.9 Å². The zero-order valence-corrected chi connectivity index (χ0v) is 11.7. The molecule has 2 aliphatic heterocycles. The summed E-state index contributed by atoms with van der Waals surface area (Å²) in [5.74, 6) is -1.50. The zero-order valence-electron chi connectivity index (χ0n) is 11.7. The van der Waals surface area contributed by atoms with Crippen LogP contribution in [0.2, 0.25) is 0 Å². The fourth-order valence-corrected chi connectivity index (χ4v) is 2.97. The highest BCUT2D eigenvalue weighted by Gasteiger charge is 2.37. The standard InChI is InChI=1S/C13H21N3O4/c1-14-11(17)10-5-3-7-16(10)13(20)15-6-2-4-9(8-15)12(18)19/h9-10H,2-8H2,1H3,(H,14,17)(H,18,19)/t9-,10?/m1/s1. The normalized spacial score (nSPS) is 26.4. The molecule has 2 rings (SSSR count). The van der Waals surface area contributed by atoms with Crippen LogP contribution in [0.3, 0.4) is 0 Å². The molecule has 2 fully saturated rings. The highest BCUT2D eigenvalue weighted by molar-refractivity contribution is 5.87. The van der Waals surface area contributed by atoms with Crippen molar-refractivity contribution in [2.24, 2.45) is 5.92 Å². The molecule has 2 heterocycles. The first kappa shape index (κ1) is 14.6. The number of nitrogens with zero attached hydrogens (tertiary/aromatic N) is 2. The maximum Gasteiger partial charge on any atom is 0.320 e. The Morgan fingerprint density at radius 3 is 2.50 bits per heavy atom. The lowest BCUT2D eigenvalue weighted by molar-refractivity contribution is -0.143. The lowest BCUT2D eigenvalue weighted by Gasteiger charge is -2.35. The van der Waals surface area contributed by atoms with Crippen LogP contribution >= 0.6 is 0 Å². The summed E-state index contributed by atoms with van der Waals surface area (Å²) in [4.78, 5) is 38.4. The molecule has 3 amide bonds. The quantitative estimate of drug-likeness (QED) is 0.753. The molecule has 1 unspecified atom stereocenters. The Hall–Kier alpha value is -1.79. The topological polar surface area (TPSA) is 90.0 Å². The van der Waals surface area contributed by atoms with Crippen LogP contribution < -0.4 is 5.32 Å². The fourth-order valence-electron chi connectivity index (χ4n) is 2.97. The van der Waals surface area contributed by atoms with Crippen LogP contribution in [0.4, 0.5) is 4.79 Å². The van der Waals surface area contributed by atoms with Gasteiger partial charge in [-0.15, -0.1) is 0 Å². The highest BCUT2D eigenvalue weighted by Crippen LogP contribution is 2.23. The van der Waals surface area contributed by atoms with Crippen molar-refractivity contribution in [3.05, 3.63) is 0 Å². The van der Waals surface area contributed by atoms with E-state index in [0.29, 0.717) is 32.4 Å². The van der Waals surface area contributed by atoms with Gasteiger partial charge >= 0.3 is 12.0 Å². The molecule has 0 radical (unpaired) electrons. The SMILES string of the molecule is CNC(=O)C1CCCN1C(=O)N1CCC[C@@H](C(=O)O)C1. The number of likely N-dealkylation sites (N-methyl/N-ethyl adjacent to an activating group) is 1. The molecule has 2 saturated heterocycles. The number of aliphatic carboxylic acids is 1. The molecular weight excluding hydrogens is 262 g/mol. The van der Waals surface area contributed by atoms with Gasteiger partial charge in [-0.25, -0.2) is 4.79 Å². The molecule has 0 aromatic carbocycles. The smallest absolute Gasteiger partial charge is 0.320 e. The van der Waals surface area contributed by atoms with E-state index >= 15 is 0 Å². The zero-order chi connectivity index (χ0) is 14.7. The van der Waals surface area contributed by atoms with E-state index in [0.717, 1.165) is 6.42 Å². The molecule has 0 saturated carbocycles. The first-order chi connectivity index (χ1) is 9.54. The second-order valence-corrected chi connectivity index (χ2v) is 5.37. The first-order valence-corrected chi connectivity index (χ1v) is 7.04. The third-order valence-corrected chi connectivity index (χ3v) is 4.09. The Labute approximate surface area is 117 Å². The fraction of sp³-hybridized carbons (Fsp3) is 0.769. The summed E-state index contributed by atoms with van der Waals surface area (Å²) in [5, 5.41) is 11.6. The third kappa shape index (κ3) is 2.86. The second kappa shape index (κ2) is 6.11. The largest absolute Gasteiger partial charge is 0.481 e. The summed E-state index contributed by atoms with van der Waals surface area (Å²) in [7, 11) is 1.56. The molecule has 112 valence electrons. The summed E-state index contributed by atoms with van der Waals surface area (Å²) < 4.78 is 0. The van der Waals surface area contributed by atoms with Crippen molar-refractivity contribution in [1.29, 1.82) is 0 Å². The molecule has 0 aromatic heterocycles. The molecule has 2 atom stereocenters. The number of rotatable bonds is 2. The Morgan fingerprint density at radius 1 is 1.15 bits per heavy atom. The molecular formula is C13H21N3O4. The number of hydrogen-bond acceptors (Lipinski definition) is 3. The van der Waals surface area contributed by atoms with Gasteiger partial charge in [0.05, 0.1) is 5.92 Å². The van der Waals surface area contributed by atoms with E-state index in [1.807, 2.05) is 0 Å². The average molecular weight is 283 g/mol. The average Bonchev–Trinajstić information content (AvgIpc) is 2.95. The lowest BCUT2D eigenvalue weighted by atomic mass is 9.98. The van der Waals surface area contributed by atoms with Crippen LogP contribution in [0.1, 0.15) is 25.7 Å². The van der Waals surface area contributed by atoms with Gasteiger partial charge in [0.15, 0.2) is 0 Å². The number of nitrogens with one attached hydrogen (secondary N) is 1. The highest BCUT2D eigenvalue weighted by atomic mass is 16.4. The summed E-state index contributed by atoms with van der Waals surface area (Å²) in [6, 6.07) is -0.625. The van der Waals surface area contributed by atoms with E-state index in [1.165, 1.54) is 0 Å². The van der Waals surface area contributed by atoms with Crippen molar-refractivity contribution in [2.75, 3.05) is 26.7 Å². The van der Waals surface area contributed by atoms with Gasteiger partial charge < -0.3 is 20.2 Å². The summed E-state index contributed by atoms with van der Waals surface area (Å²) in [6.07, 6.45) is 2.78. The lowest BCUT2D eigenvalue weighted by Crippen LogP contribution is -2.53. The number of carboxylic acids is 1. The van der Waals surface area contributed by atoms with Gasteiger partial charge in [-0.2, -0.15) is 0 Å². The van der Waals surface area contributed by atoms with Crippen molar-refractivity contribution in [2.45, 2.75) is 31.7 Å². The van der Waals surface area contributed by atoms with Gasteiger partial charge in [-0.3, -0.25) is 9.59 Å². The summed E-state index contributed by atoms with van der Waals surface area (Å²) in [6.45, 7) is 1.37. The molecule has 2 N–H and O–H groups in total. The number of hydrogen-bond donors (Lipinski definition) is 2. The van der Waals surface area contributed by atoms with Crippen LogP contribution in [-0.4, -0.2) is 65.5 Å². The van der Waals surface area contributed by atoms with E-state index < -0.39 is 17.9 Å². The van der Waals surface area contributed by atoms with E-state index in [2.05, 4.69) is 5.32 Å². The molecule has 7 nitrogen and oxygen atoms in total. The van der Waals surface area contributed by atoms with Gasteiger partial charge in [0, 0.05) is 26.7 Å². The molecule has 2 aliphatic rings. The second-order valence-electron chi connectivity index (χ2n) is 5.37. The Kier molecular flexibility index (Phi) is 4.46. The van der Waals surface area contributed by atoms with E-state index in [9.17, 15) is 14.4 Å². The number of urea groups is 1. The summed E-state index contributed by atoms with van der Waals surface area (Å²) >= 11 is 0. The van der Waals surface area contributed by atoms with Gasteiger partial charge in [-0.05, 0) is 25.7 Å². The number of carbonyl (C=O) groups is 3. The first-order valence-electron chi connectivity index (χ1n) is 7.04. The minimum Gasteiger partial charge on any atom is -0.481 e.